The van der Waals surface area contributed by atoms with Crippen LogP contribution in [-0.4, -0.2) is 39.8 Å². The molecule has 2 atom stereocenters. The van der Waals surface area contributed by atoms with Crippen LogP contribution in [0.1, 0.15) is 28.4 Å². The van der Waals surface area contributed by atoms with Gasteiger partial charge in [-0.3, -0.25) is 9.48 Å². The van der Waals surface area contributed by atoms with E-state index < -0.39 is 23.7 Å². The SMILES string of the molecule is N#C[C@H]1CN(C(=O)OCc2ccccc2)CC[C@H]1n1cc(C(N)=O)c(Nc2ccc(F)cc2)n1. The zero-order chi connectivity index (χ0) is 24.1. The summed E-state index contributed by atoms with van der Waals surface area (Å²) in [5.74, 6) is -1.44. The Balaban J connectivity index is 1.46. The number of aromatic nitrogens is 2. The Morgan fingerprint density at radius 2 is 1.94 bits per heavy atom. The van der Waals surface area contributed by atoms with E-state index in [2.05, 4.69) is 16.5 Å². The van der Waals surface area contributed by atoms with Gasteiger partial charge in [-0.25, -0.2) is 9.18 Å². The predicted molar refractivity (Wildman–Crippen MR) is 121 cm³/mol. The van der Waals surface area contributed by atoms with Crippen molar-refractivity contribution in [3.63, 3.8) is 0 Å². The average molecular weight is 462 g/mol. The van der Waals surface area contributed by atoms with Crippen LogP contribution in [0, 0.1) is 23.1 Å². The van der Waals surface area contributed by atoms with Gasteiger partial charge >= 0.3 is 6.09 Å². The van der Waals surface area contributed by atoms with E-state index in [1.165, 1.54) is 40.0 Å². The van der Waals surface area contributed by atoms with Crippen LogP contribution in [0.15, 0.2) is 60.8 Å². The van der Waals surface area contributed by atoms with Crippen LogP contribution in [0.5, 0.6) is 0 Å². The number of carbonyl (C=O) groups is 2. The topological polar surface area (TPSA) is 126 Å². The summed E-state index contributed by atoms with van der Waals surface area (Å²) in [5, 5.41) is 17.2. The number of hydrogen-bond acceptors (Lipinski definition) is 6. The number of anilines is 2. The third-order valence-electron chi connectivity index (χ3n) is 5.65. The molecular formula is C24H23FN6O3. The van der Waals surface area contributed by atoms with E-state index in [1.807, 2.05) is 30.3 Å². The number of hydrogen-bond donors (Lipinski definition) is 2. The van der Waals surface area contributed by atoms with Crippen molar-refractivity contribution in [2.45, 2.75) is 19.1 Å². The van der Waals surface area contributed by atoms with E-state index in [1.54, 1.807) is 0 Å². The summed E-state index contributed by atoms with van der Waals surface area (Å²) >= 11 is 0. The molecule has 0 aliphatic carbocycles. The standard InChI is InChI=1S/C24H23FN6O3/c25-18-6-8-19(9-7-18)28-23-20(22(27)32)14-31(29-23)21-10-11-30(13-17(21)12-26)24(33)34-15-16-4-2-1-3-5-16/h1-9,14,17,21H,10-11,13,15H2,(H2,27,32)(H,28,29)/t17-,21+/m0/s1. The zero-order valence-corrected chi connectivity index (χ0v) is 18.2. The van der Waals surface area contributed by atoms with E-state index in [-0.39, 0.29) is 30.6 Å². The van der Waals surface area contributed by atoms with Gasteiger partial charge in [0.05, 0.1) is 18.0 Å². The Labute approximate surface area is 195 Å². The van der Waals surface area contributed by atoms with E-state index in [0.717, 1.165) is 5.56 Å². The summed E-state index contributed by atoms with van der Waals surface area (Å²) in [4.78, 5) is 26.0. The summed E-state index contributed by atoms with van der Waals surface area (Å²) in [6.45, 7) is 0.681. The molecule has 1 saturated heterocycles. The molecule has 9 nitrogen and oxygen atoms in total. The summed E-state index contributed by atoms with van der Waals surface area (Å²) in [5.41, 5.74) is 7.07. The molecule has 2 heterocycles. The number of primary amides is 1. The zero-order valence-electron chi connectivity index (χ0n) is 18.2. The molecule has 2 amide bonds. The lowest BCUT2D eigenvalue weighted by atomic mass is 9.94. The second-order valence-corrected chi connectivity index (χ2v) is 7.95. The van der Waals surface area contributed by atoms with Gasteiger partial charge in [0.2, 0.25) is 0 Å². The highest BCUT2D eigenvalue weighted by atomic mass is 19.1. The molecule has 2 aromatic carbocycles. The first-order valence-corrected chi connectivity index (χ1v) is 10.7. The number of carbonyl (C=O) groups excluding carboxylic acids is 2. The molecule has 4 rings (SSSR count). The molecule has 3 N–H and O–H groups in total. The molecule has 1 aliphatic heterocycles. The lowest BCUT2D eigenvalue weighted by Crippen LogP contribution is -2.44. The van der Waals surface area contributed by atoms with Crippen molar-refractivity contribution in [3.05, 3.63) is 77.7 Å². The molecule has 174 valence electrons. The smallest absolute Gasteiger partial charge is 0.410 e. The number of nitrogens with zero attached hydrogens (tertiary/aromatic N) is 4. The highest BCUT2D eigenvalue weighted by Gasteiger charge is 2.34. The van der Waals surface area contributed by atoms with Gasteiger partial charge in [0.15, 0.2) is 5.82 Å². The number of rotatable bonds is 6. The van der Waals surface area contributed by atoms with Crippen LogP contribution in [0.4, 0.5) is 20.7 Å². The van der Waals surface area contributed by atoms with Gasteiger partial charge < -0.3 is 20.7 Å². The second kappa shape index (κ2) is 10.0. The normalized spacial score (nSPS) is 17.6. The minimum absolute atomic E-state index is 0.144. The number of benzene rings is 2. The van der Waals surface area contributed by atoms with Crippen molar-refractivity contribution in [2.24, 2.45) is 11.7 Å². The maximum absolute atomic E-state index is 13.2. The highest BCUT2D eigenvalue weighted by molar-refractivity contribution is 5.98. The van der Waals surface area contributed by atoms with Crippen LogP contribution in [0.2, 0.25) is 0 Å². The van der Waals surface area contributed by atoms with Crippen molar-refractivity contribution in [1.82, 2.24) is 14.7 Å². The Bertz CT molecular complexity index is 1210. The molecule has 0 unspecified atom stereocenters. The van der Waals surface area contributed by atoms with Crippen LogP contribution in [-0.2, 0) is 11.3 Å². The van der Waals surface area contributed by atoms with Crippen molar-refractivity contribution in [3.8, 4) is 6.07 Å². The summed E-state index contributed by atoms with van der Waals surface area (Å²) in [6.07, 6.45) is 1.45. The molecule has 10 heteroatoms. The Hall–Kier alpha value is -4.39. The van der Waals surface area contributed by atoms with E-state index in [9.17, 15) is 19.2 Å². The molecule has 0 saturated carbocycles. The van der Waals surface area contributed by atoms with Crippen LogP contribution in [0.25, 0.3) is 0 Å². The lowest BCUT2D eigenvalue weighted by molar-refractivity contribution is 0.0731. The number of likely N-dealkylation sites (tertiary alicyclic amines) is 1. The molecule has 3 aromatic rings. The minimum atomic E-state index is -0.689. The summed E-state index contributed by atoms with van der Waals surface area (Å²) in [6, 6.07) is 16.8. The molecule has 1 aromatic heterocycles. The molecular weight excluding hydrogens is 439 g/mol. The third kappa shape index (κ3) is 5.15. The maximum Gasteiger partial charge on any atom is 0.410 e. The first kappa shape index (κ1) is 22.8. The van der Waals surface area contributed by atoms with Crippen LogP contribution < -0.4 is 11.1 Å². The van der Waals surface area contributed by atoms with Gasteiger partial charge in [0, 0.05) is 25.0 Å². The van der Waals surface area contributed by atoms with Gasteiger partial charge in [-0.1, -0.05) is 30.3 Å². The third-order valence-corrected chi connectivity index (χ3v) is 5.65. The van der Waals surface area contributed by atoms with Crippen LogP contribution in [0.3, 0.4) is 0 Å². The van der Waals surface area contributed by atoms with Crippen molar-refractivity contribution in [1.29, 1.82) is 5.26 Å². The Kier molecular flexibility index (Phi) is 6.73. The minimum Gasteiger partial charge on any atom is -0.445 e. The largest absolute Gasteiger partial charge is 0.445 e. The van der Waals surface area contributed by atoms with Gasteiger partial charge in [0.25, 0.3) is 5.91 Å². The molecule has 34 heavy (non-hydrogen) atoms. The van der Waals surface area contributed by atoms with Crippen molar-refractivity contribution >= 4 is 23.5 Å². The van der Waals surface area contributed by atoms with Gasteiger partial charge in [0.1, 0.15) is 18.0 Å². The monoisotopic (exact) mass is 462 g/mol. The van der Waals surface area contributed by atoms with E-state index in [4.69, 9.17) is 10.5 Å². The number of amides is 2. The van der Waals surface area contributed by atoms with Crippen molar-refractivity contribution in [2.75, 3.05) is 18.4 Å². The number of nitrogens with two attached hydrogens (primary N) is 1. The molecule has 0 spiro atoms. The predicted octanol–water partition coefficient (Wildman–Crippen LogP) is 3.59. The number of piperidine rings is 1. The molecule has 0 bridgehead atoms. The van der Waals surface area contributed by atoms with Crippen molar-refractivity contribution < 1.29 is 18.7 Å². The van der Waals surface area contributed by atoms with Gasteiger partial charge in [-0.05, 0) is 36.2 Å². The van der Waals surface area contributed by atoms with Gasteiger partial charge in [-0.15, -0.1) is 0 Å². The number of ether oxygens (including phenoxy) is 1. The van der Waals surface area contributed by atoms with E-state index in [0.29, 0.717) is 18.7 Å². The van der Waals surface area contributed by atoms with Gasteiger partial charge in [-0.2, -0.15) is 10.4 Å². The second-order valence-electron chi connectivity index (χ2n) is 7.95. The first-order chi connectivity index (χ1) is 16.4. The maximum atomic E-state index is 13.2. The molecule has 0 radical (unpaired) electrons. The number of halogens is 1. The average Bonchev–Trinajstić information content (AvgIpc) is 3.28. The highest BCUT2D eigenvalue weighted by Crippen LogP contribution is 2.30. The quantitative estimate of drug-likeness (QED) is 0.577. The fourth-order valence-electron chi connectivity index (χ4n) is 3.86. The first-order valence-electron chi connectivity index (χ1n) is 10.7. The van der Waals surface area contributed by atoms with Crippen LogP contribution >= 0.6 is 0 Å². The summed E-state index contributed by atoms with van der Waals surface area (Å²) < 4.78 is 20.1. The van der Waals surface area contributed by atoms with E-state index >= 15 is 0 Å². The fraction of sp³-hybridized carbons (Fsp3) is 0.250. The summed E-state index contributed by atoms with van der Waals surface area (Å²) in [7, 11) is 0. The number of nitrogens with one attached hydrogen (secondary N) is 1. The lowest BCUT2D eigenvalue weighted by Gasteiger charge is -2.34. The fourth-order valence-corrected chi connectivity index (χ4v) is 3.86. The molecule has 1 aliphatic rings. The number of nitriles is 1. The molecule has 1 fully saturated rings. The Morgan fingerprint density at radius 3 is 2.62 bits per heavy atom. The Morgan fingerprint density at radius 1 is 1.21 bits per heavy atom.